The summed E-state index contributed by atoms with van der Waals surface area (Å²) in [7, 11) is 3.19. The van der Waals surface area contributed by atoms with Gasteiger partial charge in [0.15, 0.2) is 11.5 Å². The Balaban J connectivity index is 1.95. The van der Waals surface area contributed by atoms with E-state index in [1.54, 1.807) is 23.4 Å². The second-order valence-electron chi connectivity index (χ2n) is 8.92. The number of nitrogens with two attached hydrogens (primary N) is 1. The molecule has 2 aromatic carbocycles. The van der Waals surface area contributed by atoms with Crippen LogP contribution in [-0.4, -0.2) is 35.9 Å². The highest BCUT2D eigenvalue weighted by Crippen LogP contribution is 2.37. The fourth-order valence-corrected chi connectivity index (χ4v) is 4.78. The van der Waals surface area contributed by atoms with Gasteiger partial charge in [0, 0.05) is 24.7 Å². The molecule has 0 radical (unpaired) electrons. The Morgan fingerprint density at radius 1 is 1.05 bits per heavy atom. The van der Waals surface area contributed by atoms with Crippen LogP contribution in [0.2, 0.25) is 0 Å². The molecule has 0 fully saturated rings. The van der Waals surface area contributed by atoms with Gasteiger partial charge in [-0.2, -0.15) is 0 Å². The van der Waals surface area contributed by atoms with Crippen molar-refractivity contribution in [1.29, 1.82) is 0 Å². The fraction of sp³-hybridized carbons (Fsp3) is 0.346. The van der Waals surface area contributed by atoms with Crippen LogP contribution in [0.1, 0.15) is 22.3 Å². The molecule has 0 saturated carbocycles. The summed E-state index contributed by atoms with van der Waals surface area (Å²) in [5.74, 6) is 1.11. The van der Waals surface area contributed by atoms with Gasteiger partial charge in [-0.25, -0.2) is 15.2 Å². The van der Waals surface area contributed by atoms with E-state index in [-0.39, 0.29) is 24.7 Å². The molecule has 11 nitrogen and oxygen atoms in total. The van der Waals surface area contributed by atoms with E-state index in [9.17, 15) is 9.70 Å². The van der Waals surface area contributed by atoms with E-state index in [1.165, 1.54) is 0 Å². The van der Waals surface area contributed by atoms with Gasteiger partial charge in [-0.3, -0.25) is 14.1 Å². The normalized spacial score (nSPS) is 13.1. The van der Waals surface area contributed by atoms with Gasteiger partial charge in [0.05, 0.1) is 37.4 Å². The summed E-state index contributed by atoms with van der Waals surface area (Å²) in [6.45, 7) is 6.92. The standard InChI is InChI=1S/C26H31N7O4/c1-15-10-16(2)24(17(3)11-15)29-23-14-20-19-13-22(37-5)21(36-4)12-18(19)6-8-32(20)26(34)33(23)9-7-28-25(27)30-31-35/h10-14H,6-9H2,1-5H3,(H3,27,28,30,35). The number of hydrogen-bond acceptors (Lipinski definition) is 7. The molecule has 194 valence electrons. The first-order valence-corrected chi connectivity index (χ1v) is 11.9. The lowest BCUT2D eigenvalue weighted by molar-refractivity contribution is 0.354. The Bertz CT molecular complexity index is 1500. The predicted octanol–water partition coefficient (Wildman–Crippen LogP) is 2.63. The number of rotatable bonds is 7. The van der Waals surface area contributed by atoms with Crippen LogP contribution < -0.4 is 31.8 Å². The molecular formula is C26H31N7O4. The lowest BCUT2D eigenvalue weighted by atomic mass is 9.97. The second kappa shape index (κ2) is 10.7. The van der Waals surface area contributed by atoms with Crippen LogP contribution in [-0.2, 0) is 19.5 Å². The van der Waals surface area contributed by atoms with Crippen molar-refractivity contribution >= 4 is 11.6 Å². The first kappa shape index (κ1) is 25.7. The number of fused-ring (bicyclic) bond motifs is 3. The summed E-state index contributed by atoms with van der Waals surface area (Å²) >= 11 is 0. The van der Waals surface area contributed by atoms with Crippen molar-refractivity contribution in [1.82, 2.24) is 14.6 Å². The van der Waals surface area contributed by atoms with Crippen LogP contribution in [0, 0.1) is 25.7 Å². The zero-order chi connectivity index (χ0) is 26.7. The molecular weight excluding hydrogens is 474 g/mol. The number of aromatic nitrogens is 2. The molecule has 3 N–H and O–H groups in total. The smallest absolute Gasteiger partial charge is 0.330 e. The number of aliphatic imine (C=N–C) groups is 1. The largest absolute Gasteiger partial charge is 0.493 e. The molecule has 1 aromatic heterocycles. The average Bonchev–Trinajstić information content (AvgIpc) is 2.86. The summed E-state index contributed by atoms with van der Waals surface area (Å²) in [6, 6.07) is 9.91. The van der Waals surface area contributed by atoms with Crippen molar-refractivity contribution in [2.24, 2.45) is 21.0 Å². The lowest BCUT2D eigenvalue weighted by Gasteiger charge is -2.24. The van der Waals surface area contributed by atoms with E-state index < -0.39 is 0 Å². The molecule has 4 rings (SSSR count). The lowest BCUT2D eigenvalue weighted by Crippen LogP contribution is -2.42. The first-order chi connectivity index (χ1) is 17.8. The van der Waals surface area contributed by atoms with Crippen molar-refractivity contribution in [2.45, 2.75) is 40.3 Å². The highest BCUT2D eigenvalue weighted by Gasteiger charge is 2.22. The van der Waals surface area contributed by atoms with Gasteiger partial charge in [-0.15, -0.1) is 4.91 Å². The van der Waals surface area contributed by atoms with Crippen LogP contribution >= 0.6 is 0 Å². The molecule has 1 aliphatic rings. The average molecular weight is 506 g/mol. The number of methoxy groups -OCH3 is 2. The van der Waals surface area contributed by atoms with E-state index in [0.29, 0.717) is 30.0 Å². The summed E-state index contributed by atoms with van der Waals surface area (Å²) in [5.41, 5.74) is 14.6. The third kappa shape index (κ3) is 5.11. The maximum absolute atomic E-state index is 13.8. The maximum atomic E-state index is 13.8. The highest BCUT2D eigenvalue weighted by molar-refractivity contribution is 5.77. The van der Waals surface area contributed by atoms with E-state index in [1.807, 2.05) is 39.0 Å². The van der Waals surface area contributed by atoms with Gasteiger partial charge in [0.25, 0.3) is 0 Å². The van der Waals surface area contributed by atoms with Crippen LogP contribution in [0.25, 0.3) is 11.3 Å². The van der Waals surface area contributed by atoms with E-state index in [2.05, 4.69) is 27.8 Å². The van der Waals surface area contributed by atoms with Gasteiger partial charge in [0.2, 0.25) is 5.96 Å². The first-order valence-electron chi connectivity index (χ1n) is 11.9. The molecule has 2 heterocycles. The molecule has 0 amide bonds. The van der Waals surface area contributed by atoms with Crippen molar-refractivity contribution in [2.75, 3.05) is 20.8 Å². The molecule has 0 spiro atoms. The number of nitrogens with one attached hydrogen (secondary N) is 1. The molecule has 3 aromatic rings. The zero-order valence-corrected chi connectivity index (χ0v) is 21.7. The molecule has 0 saturated heterocycles. The summed E-state index contributed by atoms with van der Waals surface area (Å²) in [4.78, 5) is 33.2. The number of ether oxygens (including phenoxy) is 2. The van der Waals surface area contributed by atoms with Crippen molar-refractivity contribution < 1.29 is 9.47 Å². The zero-order valence-electron chi connectivity index (χ0n) is 21.7. The van der Waals surface area contributed by atoms with E-state index in [4.69, 9.17) is 20.2 Å². The van der Waals surface area contributed by atoms with Crippen LogP contribution in [0.15, 0.2) is 50.4 Å². The molecule has 11 heteroatoms. The molecule has 1 aliphatic heterocycles. The summed E-state index contributed by atoms with van der Waals surface area (Å²) in [5, 5.41) is 2.52. The Morgan fingerprint density at radius 3 is 2.38 bits per heavy atom. The molecule has 0 unspecified atom stereocenters. The third-order valence-electron chi connectivity index (χ3n) is 6.41. The SMILES string of the molecule is COc1cc2c(cc1OC)-c1cc(=Nc3c(C)cc(C)cc3C)n(CCN=C(N)NN=O)c(=O)n1CC2. The summed E-state index contributed by atoms with van der Waals surface area (Å²) < 4.78 is 14.3. The van der Waals surface area contributed by atoms with E-state index in [0.717, 1.165) is 39.2 Å². The second-order valence-corrected chi connectivity index (χ2v) is 8.92. The quantitative estimate of drug-likeness (QED) is 0.219. The third-order valence-corrected chi connectivity index (χ3v) is 6.41. The number of benzene rings is 2. The number of nitrogens with zero attached hydrogens (tertiary/aromatic N) is 5. The van der Waals surface area contributed by atoms with Gasteiger partial charge < -0.3 is 15.2 Å². The monoisotopic (exact) mass is 505 g/mol. The molecule has 0 bridgehead atoms. The number of aryl methyl sites for hydroxylation is 4. The van der Waals surface area contributed by atoms with Crippen LogP contribution in [0.3, 0.4) is 0 Å². The van der Waals surface area contributed by atoms with Crippen molar-refractivity contribution in [3.8, 4) is 22.8 Å². The Labute approximate surface area is 214 Å². The van der Waals surface area contributed by atoms with Gasteiger partial charge in [-0.1, -0.05) is 17.7 Å². The minimum atomic E-state index is -0.214. The van der Waals surface area contributed by atoms with Crippen molar-refractivity contribution in [3.05, 3.63) is 73.5 Å². The minimum absolute atomic E-state index is 0.118. The number of guanidine groups is 1. The van der Waals surface area contributed by atoms with Crippen LogP contribution in [0.4, 0.5) is 5.69 Å². The number of hydrogen-bond donors (Lipinski definition) is 2. The maximum Gasteiger partial charge on any atom is 0.330 e. The Morgan fingerprint density at radius 2 is 1.73 bits per heavy atom. The van der Waals surface area contributed by atoms with Gasteiger partial charge in [0.1, 0.15) is 5.49 Å². The Kier molecular flexibility index (Phi) is 7.42. The van der Waals surface area contributed by atoms with Crippen molar-refractivity contribution in [3.63, 3.8) is 0 Å². The van der Waals surface area contributed by atoms with E-state index >= 15 is 0 Å². The predicted molar refractivity (Wildman–Crippen MR) is 142 cm³/mol. The highest BCUT2D eigenvalue weighted by atomic mass is 16.5. The van der Waals surface area contributed by atoms with Crippen LogP contribution in [0.5, 0.6) is 11.5 Å². The van der Waals surface area contributed by atoms with Gasteiger partial charge in [-0.05, 0) is 56.0 Å². The molecule has 0 atom stereocenters. The minimum Gasteiger partial charge on any atom is -0.493 e. The summed E-state index contributed by atoms with van der Waals surface area (Å²) in [6.07, 6.45) is 0.662. The Hall–Kier alpha value is -4.41. The number of nitroso groups, excluding NO2 is 1. The molecule has 0 aliphatic carbocycles. The van der Waals surface area contributed by atoms with Gasteiger partial charge >= 0.3 is 5.69 Å². The molecule has 37 heavy (non-hydrogen) atoms. The topological polar surface area (TPSA) is 138 Å². The fourth-order valence-electron chi connectivity index (χ4n) is 4.78.